The van der Waals surface area contributed by atoms with Gasteiger partial charge in [0.2, 0.25) is 0 Å². The Bertz CT molecular complexity index is 617. The second-order valence-electron chi connectivity index (χ2n) is 5.29. The van der Waals surface area contributed by atoms with E-state index in [4.69, 9.17) is 9.47 Å². The summed E-state index contributed by atoms with van der Waals surface area (Å²) in [6, 6.07) is 16.3. The number of hydrogen-bond donors (Lipinski definition) is 0. The number of allylic oxidation sites excluding steroid dienone is 2. The van der Waals surface area contributed by atoms with Crippen LogP contribution in [0.1, 0.15) is 29.9 Å². The summed E-state index contributed by atoms with van der Waals surface area (Å²) < 4.78 is 11.4. The fourth-order valence-corrected chi connectivity index (χ4v) is 2.70. The van der Waals surface area contributed by atoms with Crippen molar-refractivity contribution in [2.45, 2.75) is 25.4 Å². The first-order valence-electron chi connectivity index (χ1n) is 7.38. The maximum absolute atomic E-state index is 6.05. The average Bonchev–Trinajstić information content (AvgIpc) is 3.08. The predicted molar refractivity (Wildman–Crippen MR) is 84.9 cm³/mol. The second kappa shape index (κ2) is 6.49. The largest absolute Gasteiger partial charge is 0.497 e. The lowest BCUT2D eigenvalue weighted by molar-refractivity contribution is 0.301. The van der Waals surface area contributed by atoms with Crippen molar-refractivity contribution in [2.24, 2.45) is 0 Å². The van der Waals surface area contributed by atoms with Crippen LogP contribution < -0.4 is 9.47 Å². The van der Waals surface area contributed by atoms with E-state index in [9.17, 15) is 0 Å². The Kier molecular flexibility index (Phi) is 4.25. The molecular formula is C19H20O2. The summed E-state index contributed by atoms with van der Waals surface area (Å²) in [5.74, 6) is 2.28. The average molecular weight is 280 g/mol. The van der Waals surface area contributed by atoms with E-state index in [0.717, 1.165) is 24.3 Å². The van der Waals surface area contributed by atoms with Gasteiger partial charge in [0.25, 0.3) is 0 Å². The van der Waals surface area contributed by atoms with E-state index in [1.54, 1.807) is 7.11 Å². The van der Waals surface area contributed by atoms with Crippen LogP contribution in [0, 0.1) is 0 Å². The Morgan fingerprint density at radius 3 is 2.67 bits per heavy atom. The van der Waals surface area contributed by atoms with E-state index in [-0.39, 0.29) is 0 Å². The summed E-state index contributed by atoms with van der Waals surface area (Å²) in [5, 5.41) is 0. The lowest BCUT2D eigenvalue weighted by Gasteiger charge is -2.16. The highest BCUT2D eigenvalue weighted by Crippen LogP contribution is 2.37. The monoisotopic (exact) mass is 280 g/mol. The van der Waals surface area contributed by atoms with E-state index >= 15 is 0 Å². The summed E-state index contributed by atoms with van der Waals surface area (Å²) in [7, 11) is 1.70. The van der Waals surface area contributed by atoms with Gasteiger partial charge < -0.3 is 9.47 Å². The highest BCUT2D eigenvalue weighted by Gasteiger charge is 2.17. The standard InChI is InChI=1S/C19H20O2/c1-20-17-11-12-19(18(13-17)16-9-5-6-10-16)21-14-15-7-3-2-4-8-15/h2-5,7-9,11-13,16H,6,10,14H2,1H3. The molecule has 2 heteroatoms. The molecule has 2 aromatic rings. The zero-order valence-electron chi connectivity index (χ0n) is 12.3. The molecule has 3 rings (SSSR count). The fourth-order valence-electron chi connectivity index (χ4n) is 2.70. The van der Waals surface area contributed by atoms with Crippen LogP contribution in [0.5, 0.6) is 11.5 Å². The Labute approximate surface area is 126 Å². The van der Waals surface area contributed by atoms with Gasteiger partial charge in [0.05, 0.1) is 7.11 Å². The van der Waals surface area contributed by atoms with Gasteiger partial charge in [-0.2, -0.15) is 0 Å². The maximum atomic E-state index is 6.05. The molecular weight excluding hydrogens is 260 g/mol. The van der Waals surface area contributed by atoms with Crippen molar-refractivity contribution in [3.63, 3.8) is 0 Å². The molecule has 21 heavy (non-hydrogen) atoms. The van der Waals surface area contributed by atoms with Crippen LogP contribution in [0.2, 0.25) is 0 Å². The van der Waals surface area contributed by atoms with Crippen molar-refractivity contribution in [3.05, 3.63) is 71.8 Å². The van der Waals surface area contributed by atoms with Gasteiger partial charge in [0.15, 0.2) is 0 Å². The number of benzene rings is 2. The number of methoxy groups -OCH3 is 1. The number of rotatable bonds is 5. The minimum atomic E-state index is 0.436. The molecule has 2 aromatic carbocycles. The minimum Gasteiger partial charge on any atom is -0.497 e. The normalized spacial score (nSPS) is 16.9. The van der Waals surface area contributed by atoms with Gasteiger partial charge >= 0.3 is 0 Å². The van der Waals surface area contributed by atoms with Crippen molar-refractivity contribution in [1.82, 2.24) is 0 Å². The summed E-state index contributed by atoms with van der Waals surface area (Å²) >= 11 is 0. The van der Waals surface area contributed by atoms with E-state index < -0.39 is 0 Å². The van der Waals surface area contributed by atoms with Crippen molar-refractivity contribution in [3.8, 4) is 11.5 Å². The molecule has 0 spiro atoms. The molecule has 0 radical (unpaired) electrons. The van der Waals surface area contributed by atoms with Gasteiger partial charge in [-0.05, 0) is 36.6 Å². The molecule has 0 amide bonds. The molecule has 0 aliphatic heterocycles. The minimum absolute atomic E-state index is 0.436. The maximum Gasteiger partial charge on any atom is 0.123 e. The first kappa shape index (κ1) is 13.7. The van der Waals surface area contributed by atoms with Gasteiger partial charge in [0, 0.05) is 11.5 Å². The third kappa shape index (κ3) is 3.27. The van der Waals surface area contributed by atoms with Crippen LogP contribution in [-0.4, -0.2) is 7.11 Å². The van der Waals surface area contributed by atoms with Gasteiger partial charge in [0.1, 0.15) is 18.1 Å². The molecule has 1 aliphatic rings. The molecule has 1 atom stereocenters. The number of ether oxygens (including phenoxy) is 2. The lowest BCUT2D eigenvalue weighted by atomic mass is 9.97. The van der Waals surface area contributed by atoms with Gasteiger partial charge in [-0.25, -0.2) is 0 Å². The Morgan fingerprint density at radius 1 is 1.10 bits per heavy atom. The molecule has 2 nitrogen and oxygen atoms in total. The molecule has 0 saturated carbocycles. The van der Waals surface area contributed by atoms with Crippen molar-refractivity contribution < 1.29 is 9.47 Å². The molecule has 0 aromatic heterocycles. The Balaban J connectivity index is 1.81. The van der Waals surface area contributed by atoms with Crippen LogP contribution in [0.15, 0.2) is 60.7 Å². The fraction of sp³-hybridized carbons (Fsp3) is 0.263. The van der Waals surface area contributed by atoms with Crippen LogP contribution >= 0.6 is 0 Å². The third-order valence-corrected chi connectivity index (χ3v) is 3.87. The smallest absolute Gasteiger partial charge is 0.123 e. The van der Waals surface area contributed by atoms with E-state index in [2.05, 4.69) is 30.4 Å². The number of hydrogen-bond acceptors (Lipinski definition) is 2. The first-order valence-corrected chi connectivity index (χ1v) is 7.38. The summed E-state index contributed by atoms with van der Waals surface area (Å²) in [5.41, 5.74) is 2.40. The zero-order chi connectivity index (χ0) is 14.5. The topological polar surface area (TPSA) is 18.5 Å². The highest BCUT2D eigenvalue weighted by atomic mass is 16.5. The summed E-state index contributed by atoms with van der Waals surface area (Å²) in [6.07, 6.45) is 6.80. The van der Waals surface area contributed by atoms with Crippen LogP contribution in [-0.2, 0) is 6.61 Å². The van der Waals surface area contributed by atoms with E-state index in [1.807, 2.05) is 30.3 Å². The second-order valence-corrected chi connectivity index (χ2v) is 5.29. The van der Waals surface area contributed by atoms with Gasteiger partial charge in [-0.3, -0.25) is 0 Å². The predicted octanol–water partition coefficient (Wildman–Crippen LogP) is 4.71. The Hall–Kier alpha value is -2.22. The molecule has 0 fully saturated rings. The first-order chi connectivity index (χ1) is 10.4. The third-order valence-electron chi connectivity index (χ3n) is 3.87. The quantitative estimate of drug-likeness (QED) is 0.739. The zero-order valence-corrected chi connectivity index (χ0v) is 12.3. The van der Waals surface area contributed by atoms with Crippen LogP contribution in [0.25, 0.3) is 0 Å². The molecule has 0 N–H and O–H groups in total. The SMILES string of the molecule is COc1ccc(OCc2ccccc2)c(C2C=CCC2)c1. The molecule has 0 saturated heterocycles. The van der Waals surface area contributed by atoms with Gasteiger partial charge in [-0.15, -0.1) is 0 Å². The molecule has 0 bridgehead atoms. The molecule has 1 unspecified atom stereocenters. The molecule has 0 heterocycles. The summed E-state index contributed by atoms with van der Waals surface area (Å²) in [6.45, 7) is 0.594. The van der Waals surface area contributed by atoms with Crippen LogP contribution in [0.3, 0.4) is 0 Å². The Morgan fingerprint density at radius 2 is 1.95 bits per heavy atom. The molecule has 1 aliphatic carbocycles. The summed E-state index contributed by atoms with van der Waals surface area (Å²) in [4.78, 5) is 0. The van der Waals surface area contributed by atoms with Crippen molar-refractivity contribution in [2.75, 3.05) is 7.11 Å². The van der Waals surface area contributed by atoms with Crippen molar-refractivity contribution >= 4 is 0 Å². The van der Waals surface area contributed by atoms with Crippen LogP contribution in [0.4, 0.5) is 0 Å². The van der Waals surface area contributed by atoms with E-state index in [0.29, 0.717) is 12.5 Å². The van der Waals surface area contributed by atoms with Crippen molar-refractivity contribution in [1.29, 1.82) is 0 Å². The van der Waals surface area contributed by atoms with Gasteiger partial charge in [-0.1, -0.05) is 42.5 Å². The van der Waals surface area contributed by atoms with E-state index in [1.165, 1.54) is 11.1 Å². The highest BCUT2D eigenvalue weighted by molar-refractivity contribution is 5.45. The lowest BCUT2D eigenvalue weighted by Crippen LogP contribution is -2.01. The molecule has 108 valence electrons.